The van der Waals surface area contributed by atoms with E-state index >= 15 is 0 Å². The Morgan fingerprint density at radius 2 is 1.91 bits per heavy atom. The van der Waals surface area contributed by atoms with E-state index < -0.39 is 40.7 Å². The van der Waals surface area contributed by atoms with Crippen LogP contribution >= 0.6 is 0 Å². The topological polar surface area (TPSA) is 176 Å². The van der Waals surface area contributed by atoms with Gasteiger partial charge < -0.3 is 40.4 Å². The maximum atomic E-state index is 14.2. The van der Waals surface area contributed by atoms with Crippen LogP contribution in [-0.4, -0.2) is 98.9 Å². The van der Waals surface area contributed by atoms with Gasteiger partial charge in [-0.05, 0) is 49.4 Å². The van der Waals surface area contributed by atoms with E-state index in [1.165, 1.54) is 16.4 Å². The van der Waals surface area contributed by atoms with Crippen molar-refractivity contribution < 1.29 is 42.4 Å². The second-order valence-electron chi connectivity index (χ2n) is 12.5. The minimum Gasteiger partial charge on any atom is -0.443 e. The number of aliphatic hydroxyl groups excluding tert-OH is 2. The Balaban J connectivity index is 1.38. The second-order valence-corrected chi connectivity index (χ2v) is 14.4. The molecule has 2 amide bonds. The van der Waals surface area contributed by atoms with Crippen molar-refractivity contribution >= 4 is 33.3 Å². The van der Waals surface area contributed by atoms with E-state index in [2.05, 4.69) is 16.0 Å². The Morgan fingerprint density at radius 3 is 2.64 bits per heavy atom. The molecule has 5 atom stereocenters. The molecule has 47 heavy (non-hydrogen) atoms. The van der Waals surface area contributed by atoms with E-state index in [4.69, 9.17) is 14.2 Å². The van der Waals surface area contributed by atoms with Crippen LogP contribution in [0.15, 0.2) is 59.1 Å². The SMILES string of the molecule is C/C(NCCO)=C1\C(=O)Nc2ccc(S(=O)(=O)N(CC(C)C)CC(O)C(Cc3ccccc3)NC(=O)OC3COC4OCCC34)cc21. The molecular weight excluding hydrogens is 628 g/mol. The lowest BCUT2D eigenvalue weighted by atomic mass is 10.0. The highest BCUT2D eigenvalue weighted by Gasteiger charge is 2.44. The van der Waals surface area contributed by atoms with Gasteiger partial charge in [0.1, 0.15) is 6.10 Å². The largest absolute Gasteiger partial charge is 0.443 e. The number of nitrogens with zero attached hydrogens (tertiary/aromatic N) is 1. The minimum atomic E-state index is -4.18. The number of ether oxygens (including phenoxy) is 3. The summed E-state index contributed by atoms with van der Waals surface area (Å²) in [6, 6.07) is 12.8. The van der Waals surface area contributed by atoms with Gasteiger partial charge in [-0.15, -0.1) is 0 Å². The Hall–Kier alpha value is -3.53. The fraction of sp³-hybridized carbons (Fsp3) is 0.515. The van der Waals surface area contributed by atoms with Crippen molar-refractivity contribution in [2.45, 2.75) is 63.0 Å². The Morgan fingerprint density at radius 1 is 1.15 bits per heavy atom. The molecule has 0 bridgehead atoms. The number of alkyl carbamates (subject to hydrolysis) is 1. The monoisotopic (exact) mass is 672 g/mol. The van der Waals surface area contributed by atoms with Crippen LogP contribution in [0.3, 0.4) is 0 Å². The standard InChI is InChI=1S/C33H44N4O9S/c1-20(2)17-37(47(42,43)23-9-10-26-25(16-23)30(31(40)35-26)21(3)34-12-13-38)18-28(39)27(15-22-7-5-4-6-8-22)36-33(41)46-29-19-45-32-24(29)11-14-44-32/h4-10,16,20,24,27-29,32,34,38-39H,11-15,17-19H2,1-3H3,(H,35,40)(H,36,41)/b30-21+. The van der Waals surface area contributed by atoms with Gasteiger partial charge in [0.2, 0.25) is 10.0 Å². The fourth-order valence-corrected chi connectivity index (χ4v) is 7.84. The van der Waals surface area contributed by atoms with Crippen LogP contribution in [0.4, 0.5) is 10.5 Å². The van der Waals surface area contributed by atoms with Gasteiger partial charge in [0.25, 0.3) is 5.91 Å². The molecule has 0 aliphatic carbocycles. The molecule has 3 heterocycles. The van der Waals surface area contributed by atoms with Gasteiger partial charge in [-0.2, -0.15) is 4.31 Å². The zero-order valence-corrected chi connectivity index (χ0v) is 27.7. The summed E-state index contributed by atoms with van der Waals surface area (Å²) in [5.74, 6) is -0.536. The summed E-state index contributed by atoms with van der Waals surface area (Å²) in [5.41, 5.74) is 2.51. The lowest BCUT2D eigenvalue weighted by Gasteiger charge is -2.31. The van der Waals surface area contributed by atoms with Crippen molar-refractivity contribution in [1.29, 1.82) is 0 Å². The lowest BCUT2D eigenvalue weighted by Crippen LogP contribution is -2.51. The van der Waals surface area contributed by atoms with E-state index in [1.54, 1.807) is 13.0 Å². The number of carbonyl (C=O) groups is 2. The van der Waals surface area contributed by atoms with Crippen molar-refractivity contribution in [2.75, 3.05) is 44.8 Å². The molecule has 5 unspecified atom stereocenters. The van der Waals surface area contributed by atoms with Gasteiger partial charge >= 0.3 is 6.09 Å². The van der Waals surface area contributed by atoms with Gasteiger partial charge in [0, 0.05) is 36.6 Å². The number of nitrogens with one attached hydrogen (secondary N) is 3. The summed E-state index contributed by atoms with van der Waals surface area (Å²) in [4.78, 5) is 25.9. The number of aliphatic hydroxyl groups is 2. The lowest BCUT2D eigenvalue weighted by molar-refractivity contribution is -0.110. The number of anilines is 1. The van der Waals surface area contributed by atoms with Gasteiger partial charge in [-0.3, -0.25) is 4.79 Å². The maximum absolute atomic E-state index is 14.2. The summed E-state index contributed by atoms with van der Waals surface area (Å²) < 4.78 is 46.4. The Bertz CT molecular complexity index is 1570. The third-order valence-electron chi connectivity index (χ3n) is 8.52. The highest BCUT2D eigenvalue weighted by atomic mass is 32.2. The van der Waals surface area contributed by atoms with Gasteiger partial charge in [0.05, 0.1) is 48.4 Å². The van der Waals surface area contributed by atoms with Crippen LogP contribution in [0.5, 0.6) is 0 Å². The van der Waals surface area contributed by atoms with Crippen LogP contribution in [-0.2, 0) is 35.4 Å². The van der Waals surface area contributed by atoms with E-state index in [-0.39, 0.29) is 67.5 Å². The highest BCUT2D eigenvalue weighted by molar-refractivity contribution is 7.89. The molecule has 0 saturated carbocycles. The first kappa shape index (κ1) is 34.8. The molecule has 0 radical (unpaired) electrons. The summed E-state index contributed by atoms with van der Waals surface area (Å²) in [6.45, 7) is 6.05. The van der Waals surface area contributed by atoms with E-state index in [1.807, 2.05) is 44.2 Å². The maximum Gasteiger partial charge on any atom is 0.407 e. The van der Waals surface area contributed by atoms with E-state index in [0.29, 0.717) is 30.0 Å². The highest BCUT2D eigenvalue weighted by Crippen LogP contribution is 2.36. The van der Waals surface area contributed by atoms with Crippen LogP contribution in [0.1, 0.15) is 38.3 Å². The van der Waals surface area contributed by atoms with E-state index in [0.717, 1.165) is 5.56 Å². The Kier molecular flexibility index (Phi) is 11.2. The number of allylic oxidation sites excluding steroid dienone is 1. The van der Waals surface area contributed by atoms with Crippen molar-refractivity contribution in [2.24, 2.45) is 11.8 Å². The van der Waals surface area contributed by atoms with Crippen LogP contribution < -0.4 is 16.0 Å². The second kappa shape index (κ2) is 15.1. The molecule has 0 aromatic heterocycles. The quantitative estimate of drug-likeness (QED) is 0.187. The van der Waals surface area contributed by atoms with Crippen molar-refractivity contribution in [3.8, 4) is 0 Å². The molecular formula is C33H44N4O9S. The Labute approximate surface area is 275 Å². The van der Waals surface area contributed by atoms with Crippen LogP contribution in [0, 0.1) is 11.8 Å². The van der Waals surface area contributed by atoms with Crippen LogP contribution in [0.2, 0.25) is 0 Å². The van der Waals surface area contributed by atoms with Crippen LogP contribution in [0.25, 0.3) is 5.57 Å². The molecule has 2 fully saturated rings. The van der Waals surface area contributed by atoms with Gasteiger partial charge in [0.15, 0.2) is 6.29 Å². The first-order valence-corrected chi connectivity index (χ1v) is 17.4. The van der Waals surface area contributed by atoms with E-state index in [9.17, 15) is 28.2 Å². The van der Waals surface area contributed by atoms with Crippen molar-refractivity contribution in [3.63, 3.8) is 0 Å². The van der Waals surface area contributed by atoms with Gasteiger partial charge in [-0.25, -0.2) is 13.2 Å². The number of benzene rings is 2. The van der Waals surface area contributed by atoms with Gasteiger partial charge in [-0.1, -0.05) is 44.2 Å². The molecule has 14 heteroatoms. The number of amides is 2. The summed E-state index contributed by atoms with van der Waals surface area (Å²) in [6.07, 6.45) is -1.99. The number of fused-ring (bicyclic) bond motifs is 2. The van der Waals surface area contributed by atoms with Crippen molar-refractivity contribution in [3.05, 3.63) is 65.4 Å². The number of hydrogen-bond donors (Lipinski definition) is 5. The molecule has 0 spiro atoms. The predicted octanol–water partition coefficient (Wildman–Crippen LogP) is 2.06. The third kappa shape index (κ3) is 8.13. The molecule has 13 nitrogen and oxygen atoms in total. The molecule has 2 saturated heterocycles. The molecule has 3 aliphatic rings. The molecule has 2 aromatic rings. The fourth-order valence-electron chi connectivity index (χ4n) is 6.20. The molecule has 5 rings (SSSR count). The summed E-state index contributed by atoms with van der Waals surface area (Å²) >= 11 is 0. The predicted molar refractivity (Wildman–Crippen MR) is 173 cm³/mol. The zero-order valence-electron chi connectivity index (χ0n) is 26.8. The third-order valence-corrected chi connectivity index (χ3v) is 10.3. The zero-order chi connectivity index (χ0) is 33.7. The number of hydrogen-bond acceptors (Lipinski definition) is 10. The first-order valence-electron chi connectivity index (χ1n) is 15.9. The average Bonchev–Trinajstić information content (AvgIpc) is 3.74. The molecule has 256 valence electrons. The van der Waals surface area contributed by atoms with Crippen molar-refractivity contribution in [1.82, 2.24) is 14.9 Å². The number of carbonyl (C=O) groups excluding carboxylic acids is 2. The normalized spacial score (nSPS) is 22.9. The minimum absolute atomic E-state index is 0.0467. The first-order chi connectivity index (χ1) is 22.5. The molecule has 3 aliphatic heterocycles. The summed E-state index contributed by atoms with van der Waals surface area (Å²) in [5, 5.41) is 29.3. The molecule has 2 aromatic carbocycles. The average molecular weight is 673 g/mol. The number of sulfonamides is 1. The summed E-state index contributed by atoms with van der Waals surface area (Å²) in [7, 11) is -4.18. The number of rotatable bonds is 14. The smallest absolute Gasteiger partial charge is 0.407 e. The molecule has 5 N–H and O–H groups in total.